The van der Waals surface area contributed by atoms with Crippen LogP contribution in [0.4, 0.5) is 4.79 Å². The van der Waals surface area contributed by atoms with Gasteiger partial charge in [-0.1, -0.05) is 270 Å². The normalized spacial score (nSPS) is 18.8. The summed E-state index contributed by atoms with van der Waals surface area (Å²) in [6.07, 6.45) is 5.98. The molecule has 0 radical (unpaired) electrons. The van der Waals surface area contributed by atoms with Crippen LogP contribution >= 0.6 is 0 Å². The molecule has 1 heterocycles. The van der Waals surface area contributed by atoms with Gasteiger partial charge in [-0.25, -0.2) is 4.79 Å². The maximum atomic E-state index is 11.0. The van der Waals surface area contributed by atoms with Gasteiger partial charge in [0.2, 0.25) is 11.8 Å². The number of benzene rings is 12. The monoisotopic (exact) mass is 1860 g/mol. The molecule has 3 saturated carbocycles. The number of aliphatic hydroxyl groups excluding tert-OH is 3. The molecule has 12 aromatic rings. The molecule has 1 aliphatic heterocycles. The Morgan fingerprint density at radius 3 is 0.740 bits per heavy atom. The molecular formula is C112H127N5O13Pd-4. The van der Waals surface area contributed by atoms with E-state index >= 15 is 0 Å². The van der Waals surface area contributed by atoms with Crippen molar-refractivity contribution in [2.45, 2.75) is 122 Å². The van der Waals surface area contributed by atoms with Crippen LogP contribution in [0.1, 0.15) is 85.0 Å². The summed E-state index contributed by atoms with van der Waals surface area (Å²) >= 11 is 0. The van der Waals surface area contributed by atoms with E-state index in [2.05, 4.69) is 243 Å². The fourth-order valence-electron chi connectivity index (χ4n) is 13.7. The van der Waals surface area contributed by atoms with Crippen LogP contribution in [0.2, 0.25) is 0 Å². The predicted molar refractivity (Wildman–Crippen MR) is 517 cm³/mol. The molecule has 19 heteroatoms. The van der Waals surface area contributed by atoms with Gasteiger partial charge in [0.1, 0.15) is 26.8 Å². The third-order valence-electron chi connectivity index (χ3n) is 20.8. The van der Waals surface area contributed by atoms with E-state index in [9.17, 15) is 29.9 Å². The van der Waals surface area contributed by atoms with E-state index in [0.717, 1.165) is 36.2 Å². The van der Waals surface area contributed by atoms with Gasteiger partial charge in [0.25, 0.3) is 0 Å². The molecule has 0 spiro atoms. The van der Waals surface area contributed by atoms with Crippen molar-refractivity contribution in [1.82, 2.24) is 9.80 Å². The fourth-order valence-corrected chi connectivity index (χ4v) is 13.7. The first kappa shape index (κ1) is 113. The van der Waals surface area contributed by atoms with Crippen LogP contribution in [0.25, 0.3) is 44.5 Å². The number of amides is 4. The molecule has 9 atom stereocenters. The van der Waals surface area contributed by atoms with E-state index < -0.39 is 46.3 Å². The van der Waals surface area contributed by atoms with E-state index in [1.165, 1.54) is 58.6 Å². The second-order valence-electron chi connectivity index (χ2n) is 29.5. The van der Waals surface area contributed by atoms with E-state index in [0.29, 0.717) is 45.1 Å². The topological polar surface area (TPSA) is 254 Å². The van der Waals surface area contributed by atoms with Gasteiger partial charge in [0, 0.05) is 82.2 Å². The predicted octanol–water partition coefficient (Wildman–Crippen LogP) is 22.8. The van der Waals surface area contributed by atoms with E-state index in [1.807, 2.05) is 191 Å². The Morgan fingerprint density at radius 2 is 0.565 bits per heavy atom. The fraction of sp³-hybridized carbons (Fsp3) is 0.286. The summed E-state index contributed by atoms with van der Waals surface area (Å²) in [6, 6.07) is 140. The first-order valence-electron chi connectivity index (χ1n) is 43.2. The minimum Gasteiger partial charge on any atom is -0.400 e. The Morgan fingerprint density at radius 1 is 0.359 bits per heavy atom. The van der Waals surface area contributed by atoms with Gasteiger partial charge >= 0.3 is 6.03 Å². The molecule has 0 bridgehead atoms. The quantitative estimate of drug-likeness (QED) is 0.0224. The van der Waals surface area contributed by atoms with Crippen LogP contribution in [0.5, 0.6) is 0 Å². The smallest absolute Gasteiger partial charge is 0.332 e. The minimum atomic E-state index is -0.564. The summed E-state index contributed by atoms with van der Waals surface area (Å²) < 4.78 is 36.6. The van der Waals surface area contributed by atoms with Gasteiger partial charge < -0.3 is 48.5 Å². The molecule has 4 fully saturated rings. The number of carbonyl (C=O) groups is 3. The van der Waals surface area contributed by atoms with E-state index in [-0.39, 0.29) is 71.6 Å². The van der Waals surface area contributed by atoms with Crippen LogP contribution in [0, 0.1) is 74.5 Å². The Balaban J connectivity index is 0.000000371. The van der Waals surface area contributed by atoms with Crippen molar-refractivity contribution in [3.63, 3.8) is 0 Å². The Labute approximate surface area is 792 Å². The third-order valence-corrected chi connectivity index (χ3v) is 20.8. The SMILES string of the molecule is C=CCO[C@H]1C[C@H](OCOC)[C@@](C#N)(CC)C1.CC[C@@]1(C#N)C[C@@H](O)C[C@@H]1OCOC.CC[C@@]1(C#N)C[C@H](O)C[C@@H]1OCOC.CN1C(=O)CC(=O)N(C)C1=O.CO.[Pd].[c-]1ccccc1.[c-]1ccccc1.[c-]1ccccc1.[c-]1ccccc1.c1ccc(-c2ccccc2)cc1.c1ccc(-c2ccccc2)cc1.c1ccc(-c2ccccc2)cc1.c1ccc(-c2ccccc2)cc1. The van der Waals surface area contributed by atoms with Crippen molar-refractivity contribution < 1.29 is 83.3 Å². The summed E-state index contributed by atoms with van der Waals surface area (Å²) in [7, 11) is 8.39. The third kappa shape index (κ3) is 43.3. The molecular weight excluding hydrogens is 1730 g/mol. The zero-order valence-electron chi connectivity index (χ0n) is 76.8. The van der Waals surface area contributed by atoms with Gasteiger partial charge in [0.15, 0.2) is 0 Å². The van der Waals surface area contributed by atoms with E-state index in [1.54, 1.807) is 27.4 Å². The number of barbiturate groups is 1. The Hall–Kier alpha value is -12.3. The molecule has 3 N–H and O–H groups in total. The molecule has 12 aromatic carbocycles. The molecule has 4 aliphatic rings. The number of hydrogen-bond donors (Lipinski definition) is 3. The summed E-state index contributed by atoms with van der Waals surface area (Å²) in [5, 5.41) is 53.7. The van der Waals surface area contributed by atoms with Crippen LogP contribution in [0.3, 0.4) is 0 Å². The number of rotatable bonds is 19. The molecule has 16 rings (SSSR count). The van der Waals surface area contributed by atoms with Gasteiger partial charge in [-0.15, -0.1) is 6.58 Å². The van der Waals surface area contributed by atoms with Crippen LogP contribution < -0.4 is 0 Å². The standard InChI is InChI=1S/C13H21NO3.4C12H10.2C10H17NO3.C6H8N2O3.4C6H5.CH4O.Pd/c1-4-6-16-11-7-12(17-10-15-3)13(5-2,8-11)9-14;4*1-3-7-11(8-4-1)12-9-5-2-6-10-12;2*1-3-10(6-11)5-8(12)4-9(10)14-7-13-2;1-7-4(9)3-5(10)8(2)6(7)11;4*1-2-4-6-5-3-1;1-2;/h4,11-12H,1,5-8,10H2,2-3H3;4*1-10H;2*8-9,12H,3-5,7H2,1-2H3;3H2,1-2H3;4*1-5H;2H,1H3;/q;;;;;;;;4*-1;;/t11-,12-,13-;;;;;8-,9+,10+;8-,9-,10-;;;;;;;/m0....10......./s1. The van der Waals surface area contributed by atoms with Gasteiger partial charge in [-0.2, -0.15) is 161 Å². The largest absolute Gasteiger partial charge is 0.400 e. The molecule has 0 aromatic heterocycles. The average Bonchev–Trinajstić information content (AvgIpc) is 1.66. The van der Waals surface area contributed by atoms with Crippen molar-refractivity contribution in [3.8, 4) is 62.7 Å². The van der Waals surface area contributed by atoms with Crippen LogP contribution in [-0.4, -0.2) is 149 Å². The summed E-state index contributed by atoms with van der Waals surface area (Å²) in [4.78, 5) is 34.5. The number of urea groups is 1. The second-order valence-corrected chi connectivity index (χ2v) is 29.5. The minimum absolute atomic E-state index is 0. The maximum absolute atomic E-state index is 11.0. The zero-order chi connectivity index (χ0) is 94.4. The number of methoxy groups -OCH3 is 3. The summed E-state index contributed by atoms with van der Waals surface area (Å²) in [5.41, 5.74) is 8.71. The molecule has 3 aliphatic carbocycles. The van der Waals surface area contributed by atoms with Crippen molar-refractivity contribution in [1.29, 1.82) is 15.8 Å². The van der Waals surface area contributed by atoms with Gasteiger partial charge in [-0.05, 0) is 83.0 Å². The molecule has 0 unspecified atom stereocenters. The second kappa shape index (κ2) is 69.7. The number of ether oxygens (including phenoxy) is 7. The average molecular weight is 1860 g/mol. The van der Waals surface area contributed by atoms with Crippen LogP contribution in [-0.2, 0) is 63.2 Å². The Bertz CT molecular complexity index is 4200. The number of imide groups is 2. The number of nitriles is 3. The van der Waals surface area contributed by atoms with Crippen molar-refractivity contribution >= 4 is 17.8 Å². The maximum Gasteiger partial charge on any atom is 0.332 e. The van der Waals surface area contributed by atoms with E-state index in [4.69, 9.17) is 48.8 Å². The first-order valence-corrected chi connectivity index (χ1v) is 43.2. The molecule has 692 valence electrons. The van der Waals surface area contributed by atoms with Crippen molar-refractivity contribution in [2.75, 3.05) is 69.5 Å². The van der Waals surface area contributed by atoms with Gasteiger partial charge in [0.05, 0.1) is 77.7 Å². The zero-order valence-corrected chi connectivity index (χ0v) is 78.3. The number of carbonyl (C=O) groups excluding carboxylic acids is 3. The van der Waals surface area contributed by atoms with Crippen LogP contribution in [0.15, 0.2) is 377 Å². The van der Waals surface area contributed by atoms with Gasteiger partial charge in [-0.3, -0.25) is 19.4 Å². The number of nitrogens with zero attached hydrogens (tertiary/aromatic N) is 5. The number of aliphatic hydroxyl groups is 3. The molecule has 4 amide bonds. The summed E-state index contributed by atoms with van der Waals surface area (Å²) in [5.74, 6) is -0.892. The Kier molecular flexibility index (Phi) is 60.0. The molecule has 1 saturated heterocycles. The summed E-state index contributed by atoms with van der Waals surface area (Å²) in [6.45, 7) is 10.6. The molecule has 131 heavy (non-hydrogen) atoms. The first-order chi connectivity index (χ1) is 63.5. The van der Waals surface area contributed by atoms with Crippen molar-refractivity contribution in [3.05, 3.63) is 401 Å². The van der Waals surface area contributed by atoms with Crippen molar-refractivity contribution in [2.24, 2.45) is 16.2 Å². The molecule has 18 nitrogen and oxygen atoms in total. The number of hydrogen-bond acceptors (Lipinski definition) is 16.